The van der Waals surface area contributed by atoms with E-state index in [1.807, 2.05) is 0 Å². The molecule has 0 radical (unpaired) electrons. The number of anilines is 1. The summed E-state index contributed by atoms with van der Waals surface area (Å²) in [6.45, 7) is 4.41. The van der Waals surface area contributed by atoms with Crippen LogP contribution >= 0.6 is 11.3 Å². The summed E-state index contributed by atoms with van der Waals surface area (Å²) in [7, 11) is 0. The Hall–Kier alpha value is -1.02. The first-order valence-corrected chi connectivity index (χ1v) is 5.87. The number of fused-ring (bicyclic) bond motifs is 1. The molecule has 2 heteroatoms. The van der Waals surface area contributed by atoms with Crippen LogP contribution in [-0.2, 0) is 12.8 Å². The first kappa shape index (κ1) is 9.53. The number of hydrogen-bond donors (Lipinski definition) is 1. The van der Waals surface area contributed by atoms with Gasteiger partial charge < -0.3 is 5.73 Å². The molecule has 0 saturated carbocycles. The maximum absolute atomic E-state index is 5.79. The third-order valence-corrected chi connectivity index (χ3v) is 3.55. The van der Waals surface area contributed by atoms with E-state index in [2.05, 4.69) is 32.0 Å². The Morgan fingerprint density at radius 2 is 1.71 bits per heavy atom. The minimum Gasteiger partial charge on any atom is -0.391 e. The average molecular weight is 205 g/mol. The Morgan fingerprint density at radius 1 is 1.07 bits per heavy atom. The van der Waals surface area contributed by atoms with Crippen LogP contribution in [0.15, 0.2) is 18.2 Å². The van der Waals surface area contributed by atoms with Crippen LogP contribution in [0.3, 0.4) is 0 Å². The largest absolute Gasteiger partial charge is 0.391 e. The fourth-order valence-electron chi connectivity index (χ4n) is 1.85. The Labute approximate surface area is 88.6 Å². The summed E-state index contributed by atoms with van der Waals surface area (Å²) in [5.74, 6) is 0. The van der Waals surface area contributed by atoms with Crippen LogP contribution in [-0.4, -0.2) is 0 Å². The van der Waals surface area contributed by atoms with Crippen LogP contribution in [0.2, 0.25) is 0 Å². The fourth-order valence-corrected chi connectivity index (χ4v) is 2.73. The predicted octanol–water partition coefficient (Wildman–Crippen LogP) is 3.61. The minimum absolute atomic E-state index is 0.912. The molecule has 14 heavy (non-hydrogen) atoms. The number of hydrogen-bond acceptors (Lipinski definition) is 2. The van der Waals surface area contributed by atoms with Crippen LogP contribution in [0, 0.1) is 0 Å². The van der Waals surface area contributed by atoms with Crippen molar-refractivity contribution in [2.45, 2.75) is 26.7 Å². The van der Waals surface area contributed by atoms with Crippen molar-refractivity contribution in [1.82, 2.24) is 0 Å². The highest BCUT2D eigenvalue weighted by molar-refractivity contribution is 7.22. The SMILES string of the molecule is CCc1cc2cc(N)sc2cc1CC. The number of rotatable bonds is 2. The molecule has 1 aromatic heterocycles. The Bertz CT molecular complexity index is 416. The van der Waals surface area contributed by atoms with Crippen LogP contribution in [0.25, 0.3) is 10.1 Å². The molecule has 2 rings (SSSR count). The van der Waals surface area contributed by atoms with Crippen LogP contribution in [0.1, 0.15) is 25.0 Å². The Morgan fingerprint density at radius 3 is 2.36 bits per heavy atom. The summed E-state index contributed by atoms with van der Waals surface area (Å²) in [4.78, 5) is 0. The topological polar surface area (TPSA) is 26.0 Å². The molecule has 1 aromatic carbocycles. The highest BCUT2D eigenvalue weighted by Gasteiger charge is 2.04. The molecule has 0 atom stereocenters. The lowest BCUT2D eigenvalue weighted by Gasteiger charge is -2.05. The van der Waals surface area contributed by atoms with E-state index in [9.17, 15) is 0 Å². The van der Waals surface area contributed by atoms with Gasteiger partial charge in [-0.3, -0.25) is 0 Å². The second-order valence-electron chi connectivity index (χ2n) is 3.51. The first-order chi connectivity index (χ1) is 6.74. The Balaban J connectivity index is 2.68. The predicted molar refractivity (Wildman–Crippen MR) is 65.0 cm³/mol. The first-order valence-electron chi connectivity index (χ1n) is 5.05. The molecule has 1 heterocycles. The quantitative estimate of drug-likeness (QED) is 0.796. The molecule has 0 fully saturated rings. The van der Waals surface area contributed by atoms with E-state index in [1.54, 1.807) is 11.3 Å². The zero-order valence-electron chi connectivity index (χ0n) is 8.63. The molecule has 2 aromatic rings. The number of thiophene rings is 1. The maximum atomic E-state index is 5.79. The van der Waals surface area contributed by atoms with Crippen molar-refractivity contribution in [3.8, 4) is 0 Å². The highest BCUT2D eigenvalue weighted by Crippen LogP contribution is 2.30. The van der Waals surface area contributed by atoms with E-state index in [0.717, 1.165) is 17.8 Å². The average Bonchev–Trinajstić information content (AvgIpc) is 2.54. The van der Waals surface area contributed by atoms with Gasteiger partial charge in [0.15, 0.2) is 0 Å². The summed E-state index contributed by atoms with van der Waals surface area (Å²) < 4.78 is 1.32. The summed E-state index contributed by atoms with van der Waals surface area (Å²) >= 11 is 1.68. The summed E-state index contributed by atoms with van der Waals surface area (Å²) in [5, 5.41) is 2.21. The molecule has 0 amide bonds. The highest BCUT2D eigenvalue weighted by atomic mass is 32.1. The molecule has 0 aliphatic rings. The van der Waals surface area contributed by atoms with Crippen LogP contribution in [0.5, 0.6) is 0 Å². The molecule has 0 unspecified atom stereocenters. The normalized spacial score (nSPS) is 11.0. The van der Waals surface area contributed by atoms with Crippen molar-refractivity contribution < 1.29 is 0 Å². The van der Waals surface area contributed by atoms with Gasteiger partial charge >= 0.3 is 0 Å². The van der Waals surface area contributed by atoms with Crippen molar-refractivity contribution >= 4 is 26.4 Å². The van der Waals surface area contributed by atoms with Gasteiger partial charge in [-0.15, -0.1) is 11.3 Å². The number of benzene rings is 1. The number of aryl methyl sites for hydroxylation is 2. The van der Waals surface area contributed by atoms with Gasteiger partial charge in [0.1, 0.15) is 0 Å². The molecule has 0 saturated heterocycles. The molecule has 0 aliphatic carbocycles. The zero-order chi connectivity index (χ0) is 10.1. The lowest BCUT2D eigenvalue weighted by molar-refractivity contribution is 1.04. The van der Waals surface area contributed by atoms with Gasteiger partial charge in [-0.2, -0.15) is 0 Å². The number of nitrogens with two attached hydrogens (primary N) is 1. The molecule has 2 N–H and O–H groups in total. The van der Waals surface area contributed by atoms with E-state index in [-0.39, 0.29) is 0 Å². The fraction of sp³-hybridized carbons (Fsp3) is 0.333. The van der Waals surface area contributed by atoms with E-state index < -0.39 is 0 Å². The van der Waals surface area contributed by atoms with E-state index in [1.165, 1.54) is 21.2 Å². The molecular formula is C12H15NS. The lowest BCUT2D eigenvalue weighted by atomic mass is 10.0. The van der Waals surface area contributed by atoms with Gasteiger partial charge in [-0.25, -0.2) is 0 Å². The molecule has 0 bridgehead atoms. The maximum Gasteiger partial charge on any atom is 0.0868 e. The zero-order valence-corrected chi connectivity index (χ0v) is 9.45. The van der Waals surface area contributed by atoms with Crippen molar-refractivity contribution in [2.24, 2.45) is 0 Å². The second kappa shape index (κ2) is 3.62. The van der Waals surface area contributed by atoms with E-state index in [0.29, 0.717) is 0 Å². The molecule has 74 valence electrons. The van der Waals surface area contributed by atoms with Gasteiger partial charge in [0.2, 0.25) is 0 Å². The molecule has 1 nitrogen and oxygen atoms in total. The van der Waals surface area contributed by atoms with E-state index >= 15 is 0 Å². The van der Waals surface area contributed by atoms with Crippen LogP contribution < -0.4 is 5.73 Å². The van der Waals surface area contributed by atoms with Gasteiger partial charge in [0.25, 0.3) is 0 Å². The summed E-state index contributed by atoms with van der Waals surface area (Å²) in [5.41, 5.74) is 8.71. The van der Waals surface area contributed by atoms with Gasteiger partial charge in [0, 0.05) is 4.70 Å². The standard InChI is InChI=1S/C12H15NS/c1-3-8-5-10-7-12(13)14-11(10)6-9(8)4-2/h5-7H,3-4,13H2,1-2H3. The van der Waals surface area contributed by atoms with E-state index in [4.69, 9.17) is 5.73 Å². The van der Waals surface area contributed by atoms with Gasteiger partial charge in [-0.05, 0) is 47.6 Å². The molecular weight excluding hydrogens is 190 g/mol. The minimum atomic E-state index is 0.912. The number of nitrogen functional groups attached to an aromatic ring is 1. The van der Waals surface area contributed by atoms with Crippen molar-refractivity contribution in [3.05, 3.63) is 29.3 Å². The van der Waals surface area contributed by atoms with Crippen molar-refractivity contribution in [1.29, 1.82) is 0 Å². The third kappa shape index (κ3) is 1.50. The van der Waals surface area contributed by atoms with Crippen molar-refractivity contribution in [3.63, 3.8) is 0 Å². The smallest absolute Gasteiger partial charge is 0.0868 e. The summed E-state index contributed by atoms with van der Waals surface area (Å²) in [6, 6.07) is 6.63. The van der Waals surface area contributed by atoms with Crippen molar-refractivity contribution in [2.75, 3.05) is 5.73 Å². The lowest BCUT2D eigenvalue weighted by Crippen LogP contribution is -1.89. The second-order valence-corrected chi connectivity index (χ2v) is 4.63. The third-order valence-electron chi connectivity index (χ3n) is 2.62. The van der Waals surface area contributed by atoms with Gasteiger partial charge in [0.05, 0.1) is 5.00 Å². The molecule has 0 aliphatic heterocycles. The Kier molecular flexibility index (Phi) is 2.46. The molecule has 0 spiro atoms. The van der Waals surface area contributed by atoms with Gasteiger partial charge in [-0.1, -0.05) is 13.8 Å². The van der Waals surface area contributed by atoms with Crippen LogP contribution in [0.4, 0.5) is 5.00 Å². The summed E-state index contributed by atoms with van der Waals surface area (Å²) in [6.07, 6.45) is 2.21. The monoisotopic (exact) mass is 205 g/mol.